The molecule has 2 aliphatic rings. The van der Waals surface area contributed by atoms with Gasteiger partial charge in [-0.3, -0.25) is 9.59 Å². The molecule has 1 N–H and O–H groups in total. The van der Waals surface area contributed by atoms with E-state index in [-0.39, 0.29) is 29.6 Å². The predicted octanol–water partition coefficient (Wildman–Crippen LogP) is 2.44. The van der Waals surface area contributed by atoms with Crippen LogP contribution in [0, 0.1) is 0 Å². The summed E-state index contributed by atoms with van der Waals surface area (Å²) in [5, 5.41) is 2.62. The zero-order valence-corrected chi connectivity index (χ0v) is 20.3. The Balaban J connectivity index is 1.50. The standard InChI is InChI=1S/C24H35N3O4S/c1-5-26(6-2)14-10-11-15-31-23(30)20-24(3,4)32-22-19(21(29)27(20)22)25-18(28)16-17-12-8-7-9-13-17/h7-9,12-13,19-20,22H,5-6,10-11,14-16H2,1-4H3,(H,25,28)/t19-,20+,22-/m1/s1. The summed E-state index contributed by atoms with van der Waals surface area (Å²) in [6.07, 6.45) is 2.00. The lowest BCUT2D eigenvalue weighted by Gasteiger charge is -2.44. The van der Waals surface area contributed by atoms with Crippen molar-refractivity contribution in [1.29, 1.82) is 0 Å². The molecule has 3 rings (SSSR count). The summed E-state index contributed by atoms with van der Waals surface area (Å²) < 4.78 is 5.08. The number of amides is 2. The van der Waals surface area contributed by atoms with E-state index in [0.717, 1.165) is 38.0 Å². The molecule has 7 nitrogen and oxygen atoms in total. The molecule has 0 aromatic heterocycles. The molecule has 2 aliphatic heterocycles. The van der Waals surface area contributed by atoms with Gasteiger partial charge in [0.2, 0.25) is 11.8 Å². The molecule has 3 atom stereocenters. The molecule has 0 aliphatic carbocycles. The molecule has 1 aromatic rings. The first-order valence-corrected chi connectivity index (χ1v) is 12.4. The Kier molecular flexibility index (Phi) is 8.22. The zero-order valence-electron chi connectivity index (χ0n) is 19.5. The first-order chi connectivity index (χ1) is 15.3. The van der Waals surface area contributed by atoms with Crippen LogP contribution in [0.3, 0.4) is 0 Å². The number of fused-ring (bicyclic) bond motifs is 1. The number of ether oxygens (including phenoxy) is 1. The lowest BCUT2D eigenvalue weighted by molar-refractivity contribution is -0.164. The minimum Gasteiger partial charge on any atom is -0.464 e. The molecule has 0 radical (unpaired) electrons. The van der Waals surface area contributed by atoms with Gasteiger partial charge in [0.25, 0.3) is 0 Å². The van der Waals surface area contributed by atoms with Crippen molar-refractivity contribution >= 4 is 29.5 Å². The van der Waals surface area contributed by atoms with Gasteiger partial charge in [-0.2, -0.15) is 0 Å². The van der Waals surface area contributed by atoms with Gasteiger partial charge in [0.1, 0.15) is 17.5 Å². The summed E-state index contributed by atoms with van der Waals surface area (Å²) in [7, 11) is 0. The van der Waals surface area contributed by atoms with Crippen LogP contribution in [-0.2, 0) is 25.5 Å². The van der Waals surface area contributed by atoms with E-state index in [0.29, 0.717) is 6.61 Å². The maximum Gasteiger partial charge on any atom is 0.330 e. The summed E-state index contributed by atoms with van der Waals surface area (Å²) in [6.45, 7) is 11.6. The van der Waals surface area contributed by atoms with E-state index in [9.17, 15) is 14.4 Å². The molecule has 2 amide bonds. The monoisotopic (exact) mass is 461 g/mol. The maximum atomic E-state index is 12.8. The number of nitrogens with zero attached hydrogens (tertiary/aromatic N) is 2. The van der Waals surface area contributed by atoms with E-state index in [1.54, 1.807) is 16.7 Å². The fraction of sp³-hybridized carbons (Fsp3) is 0.625. The van der Waals surface area contributed by atoms with Gasteiger partial charge in [0, 0.05) is 4.75 Å². The number of unbranched alkanes of at least 4 members (excludes halogenated alkanes) is 1. The number of hydrogen-bond acceptors (Lipinski definition) is 6. The zero-order chi connectivity index (χ0) is 23.3. The van der Waals surface area contributed by atoms with Crippen molar-refractivity contribution in [3.8, 4) is 0 Å². The van der Waals surface area contributed by atoms with E-state index in [1.807, 2.05) is 44.2 Å². The van der Waals surface area contributed by atoms with Crippen molar-refractivity contribution in [2.45, 2.75) is 69.2 Å². The second-order valence-electron chi connectivity index (χ2n) is 8.87. The average Bonchev–Trinajstić information content (AvgIpc) is 3.03. The molecule has 0 unspecified atom stereocenters. The van der Waals surface area contributed by atoms with Crippen LogP contribution >= 0.6 is 11.8 Å². The molecular weight excluding hydrogens is 426 g/mol. The van der Waals surface area contributed by atoms with Gasteiger partial charge in [-0.25, -0.2) is 4.79 Å². The van der Waals surface area contributed by atoms with Crippen molar-refractivity contribution in [3.63, 3.8) is 0 Å². The molecule has 0 bridgehead atoms. The van der Waals surface area contributed by atoms with Gasteiger partial charge in [0.15, 0.2) is 0 Å². The highest BCUT2D eigenvalue weighted by Gasteiger charge is 2.64. The molecule has 0 saturated carbocycles. The summed E-state index contributed by atoms with van der Waals surface area (Å²) in [6, 6.07) is 8.21. The van der Waals surface area contributed by atoms with E-state index < -0.39 is 16.8 Å². The average molecular weight is 462 g/mol. The molecule has 32 heavy (non-hydrogen) atoms. The largest absolute Gasteiger partial charge is 0.464 e. The van der Waals surface area contributed by atoms with Crippen LogP contribution in [0.4, 0.5) is 0 Å². The summed E-state index contributed by atoms with van der Waals surface area (Å²) >= 11 is 1.55. The molecule has 8 heteroatoms. The van der Waals surface area contributed by atoms with Gasteiger partial charge in [0.05, 0.1) is 13.0 Å². The fourth-order valence-electron chi connectivity index (χ4n) is 4.36. The molecule has 176 valence electrons. The minimum atomic E-state index is -0.630. The molecular formula is C24H35N3O4S. The van der Waals surface area contributed by atoms with Crippen molar-refractivity contribution < 1.29 is 19.1 Å². The molecule has 2 saturated heterocycles. The van der Waals surface area contributed by atoms with E-state index in [4.69, 9.17) is 4.74 Å². The number of rotatable bonds is 11. The van der Waals surface area contributed by atoms with E-state index in [1.165, 1.54) is 0 Å². The van der Waals surface area contributed by atoms with Crippen LogP contribution in [0.1, 0.15) is 46.1 Å². The van der Waals surface area contributed by atoms with E-state index in [2.05, 4.69) is 24.1 Å². The van der Waals surface area contributed by atoms with Crippen LogP contribution < -0.4 is 5.32 Å². The Bertz CT molecular complexity index is 813. The van der Waals surface area contributed by atoms with Crippen LogP contribution in [-0.4, -0.2) is 76.0 Å². The van der Waals surface area contributed by atoms with Gasteiger partial charge >= 0.3 is 5.97 Å². The number of hydrogen-bond donors (Lipinski definition) is 1. The normalized spacial score (nSPS) is 23.6. The third-order valence-corrected chi connectivity index (χ3v) is 7.77. The molecule has 1 aromatic carbocycles. The number of esters is 1. The summed E-state index contributed by atoms with van der Waals surface area (Å²) in [5.74, 6) is -0.750. The number of β-lactam (4-membered cyclic amide) rings is 1. The van der Waals surface area contributed by atoms with Crippen molar-refractivity contribution in [2.24, 2.45) is 0 Å². The Morgan fingerprint density at radius 2 is 1.84 bits per heavy atom. The smallest absolute Gasteiger partial charge is 0.330 e. The Labute approximate surface area is 195 Å². The number of carbonyl (C=O) groups excluding carboxylic acids is 3. The van der Waals surface area contributed by atoms with Crippen LogP contribution in [0.5, 0.6) is 0 Å². The lowest BCUT2D eigenvalue weighted by Crippen LogP contribution is -2.70. The fourth-order valence-corrected chi connectivity index (χ4v) is 5.98. The van der Waals surface area contributed by atoms with Gasteiger partial charge in [-0.05, 0) is 51.9 Å². The highest BCUT2D eigenvalue weighted by Crippen LogP contribution is 2.51. The number of thioether (sulfide) groups is 1. The number of benzene rings is 1. The number of carbonyl (C=O) groups is 3. The van der Waals surface area contributed by atoms with Crippen LogP contribution in [0.15, 0.2) is 30.3 Å². The first kappa shape index (κ1) is 24.6. The topological polar surface area (TPSA) is 79.0 Å². The second-order valence-corrected chi connectivity index (χ2v) is 10.6. The summed E-state index contributed by atoms with van der Waals surface area (Å²) in [4.78, 5) is 42.1. The van der Waals surface area contributed by atoms with Gasteiger partial charge < -0.3 is 19.9 Å². The third-order valence-electron chi connectivity index (χ3n) is 6.20. The predicted molar refractivity (Wildman–Crippen MR) is 126 cm³/mol. The first-order valence-electron chi connectivity index (χ1n) is 11.5. The van der Waals surface area contributed by atoms with Crippen LogP contribution in [0.2, 0.25) is 0 Å². The van der Waals surface area contributed by atoms with Crippen molar-refractivity contribution in [2.75, 3.05) is 26.2 Å². The van der Waals surface area contributed by atoms with Gasteiger partial charge in [-0.15, -0.1) is 11.8 Å². The quantitative estimate of drug-likeness (QED) is 0.310. The third kappa shape index (κ3) is 5.46. The van der Waals surface area contributed by atoms with E-state index >= 15 is 0 Å². The Morgan fingerprint density at radius 3 is 2.50 bits per heavy atom. The van der Waals surface area contributed by atoms with Crippen molar-refractivity contribution in [1.82, 2.24) is 15.1 Å². The highest BCUT2D eigenvalue weighted by molar-refractivity contribution is 8.01. The number of nitrogens with one attached hydrogen (secondary N) is 1. The summed E-state index contributed by atoms with van der Waals surface area (Å²) in [5.41, 5.74) is 0.899. The highest BCUT2D eigenvalue weighted by atomic mass is 32.2. The van der Waals surface area contributed by atoms with Crippen molar-refractivity contribution in [3.05, 3.63) is 35.9 Å². The second kappa shape index (κ2) is 10.7. The van der Waals surface area contributed by atoms with Crippen LogP contribution in [0.25, 0.3) is 0 Å². The SMILES string of the molecule is CCN(CC)CCCCOC(=O)[C@@H]1N2C(=O)[C@@H](NC(=O)Cc3ccccc3)[C@H]2SC1(C)C. The maximum absolute atomic E-state index is 12.8. The molecule has 2 fully saturated rings. The molecule has 0 spiro atoms. The lowest BCUT2D eigenvalue weighted by atomic mass is 9.96. The Hall–Kier alpha value is -2.06. The minimum absolute atomic E-state index is 0.188. The van der Waals surface area contributed by atoms with Gasteiger partial charge in [-0.1, -0.05) is 44.2 Å². The Morgan fingerprint density at radius 1 is 1.16 bits per heavy atom. The molecule has 2 heterocycles.